The van der Waals surface area contributed by atoms with E-state index >= 15 is 0 Å². The van der Waals surface area contributed by atoms with Crippen molar-refractivity contribution in [3.8, 4) is 5.69 Å². The topological polar surface area (TPSA) is 86.6 Å². The van der Waals surface area contributed by atoms with Gasteiger partial charge in [0.1, 0.15) is 11.5 Å². The van der Waals surface area contributed by atoms with Crippen LogP contribution in [-0.4, -0.2) is 34.8 Å². The zero-order chi connectivity index (χ0) is 26.6. The highest BCUT2D eigenvalue weighted by molar-refractivity contribution is 6.34. The molecule has 0 spiro atoms. The van der Waals surface area contributed by atoms with E-state index in [0.29, 0.717) is 47.0 Å². The van der Waals surface area contributed by atoms with Crippen LogP contribution in [0.4, 0.5) is 26.2 Å². The smallest absolute Gasteiger partial charge is 0.352 e. The normalized spacial score (nSPS) is 11.1. The highest BCUT2D eigenvalue weighted by atomic mass is 35.5. The van der Waals surface area contributed by atoms with Crippen LogP contribution in [-0.2, 0) is 0 Å². The van der Waals surface area contributed by atoms with Gasteiger partial charge in [0.05, 0.1) is 21.4 Å². The molecule has 10 heteroatoms. The fraction of sp³-hybridized carbons (Fsp3) is 0.308. The van der Waals surface area contributed by atoms with Gasteiger partial charge in [-0.1, -0.05) is 50.9 Å². The molecule has 192 valence electrons. The van der Waals surface area contributed by atoms with Gasteiger partial charge < -0.3 is 25.2 Å². The number of hydrogen-bond acceptors (Lipinski definition) is 3. The first-order valence-corrected chi connectivity index (χ1v) is 12.2. The summed E-state index contributed by atoms with van der Waals surface area (Å²) in [6.07, 6.45) is 1.61. The van der Waals surface area contributed by atoms with E-state index in [-0.39, 0.29) is 16.4 Å². The standard InChI is InChI=1S/C26H29Cl2FN4O3/c1-15(2)13-32(14-16(3)4)24-20(28)11-18(33-9-5-6-23(33)25(34)35)12-22(24)31-26(36)30-17-7-8-19(27)21(29)10-17/h5-12,15-16H,13-14H2,1-4H3,(H,34,35)(H2,30,31,36). The molecule has 0 fully saturated rings. The summed E-state index contributed by atoms with van der Waals surface area (Å²) in [7, 11) is 0. The number of aromatic carboxylic acids is 1. The summed E-state index contributed by atoms with van der Waals surface area (Å²) < 4.78 is 15.3. The van der Waals surface area contributed by atoms with Crippen LogP contribution in [0.1, 0.15) is 38.2 Å². The Morgan fingerprint density at radius 1 is 1.00 bits per heavy atom. The van der Waals surface area contributed by atoms with Crippen molar-refractivity contribution in [2.75, 3.05) is 28.6 Å². The predicted octanol–water partition coefficient (Wildman–Crippen LogP) is 7.38. The van der Waals surface area contributed by atoms with Crippen LogP contribution in [0.5, 0.6) is 0 Å². The summed E-state index contributed by atoms with van der Waals surface area (Å²) in [6, 6.07) is 9.77. The van der Waals surface area contributed by atoms with E-state index in [1.807, 2.05) is 0 Å². The van der Waals surface area contributed by atoms with Gasteiger partial charge >= 0.3 is 12.0 Å². The molecule has 2 amide bonds. The first-order chi connectivity index (χ1) is 17.0. The monoisotopic (exact) mass is 534 g/mol. The van der Waals surface area contributed by atoms with Gasteiger partial charge in [-0.05, 0) is 54.3 Å². The quantitative estimate of drug-likeness (QED) is 0.267. The van der Waals surface area contributed by atoms with Crippen LogP contribution in [0.2, 0.25) is 10.0 Å². The minimum atomic E-state index is -1.10. The predicted molar refractivity (Wildman–Crippen MR) is 144 cm³/mol. The summed E-state index contributed by atoms with van der Waals surface area (Å²) in [5.74, 6) is -1.14. The molecule has 2 aromatic carbocycles. The lowest BCUT2D eigenvalue weighted by molar-refractivity contribution is 0.0688. The van der Waals surface area contributed by atoms with Crippen molar-refractivity contribution in [3.63, 3.8) is 0 Å². The molecule has 0 aliphatic carbocycles. The molecule has 0 aliphatic rings. The van der Waals surface area contributed by atoms with Crippen LogP contribution in [0.3, 0.4) is 0 Å². The van der Waals surface area contributed by atoms with Crippen molar-refractivity contribution in [1.29, 1.82) is 0 Å². The number of hydrogen-bond donors (Lipinski definition) is 3. The maximum absolute atomic E-state index is 13.9. The van der Waals surface area contributed by atoms with Crippen LogP contribution in [0.15, 0.2) is 48.7 Å². The Kier molecular flexibility index (Phi) is 8.87. The van der Waals surface area contributed by atoms with Gasteiger partial charge in [0.15, 0.2) is 0 Å². The van der Waals surface area contributed by atoms with E-state index < -0.39 is 17.8 Å². The van der Waals surface area contributed by atoms with E-state index in [4.69, 9.17) is 23.2 Å². The van der Waals surface area contributed by atoms with Crippen molar-refractivity contribution in [2.45, 2.75) is 27.7 Å². The van der Waals surface area contributed by atoms with Gasteiger partial charge in [0, 0.05) is 30.7 Å². The Labute approximate surface area is 219 Å². The minimum absolute atomic E-state index is 0.0482. The van der Waals surface area contributed by atoms with Gasteiger partial charge in [-0.2, -0.15) is 0 Å². The zero-order valence-corrected chi connectivity index (χ0v) is 22.0. The van der Waals surface area contributed by atoms with E-state index in [9.17, 15) is 19.1 Å². The average molecular weight is 535 g/mol. The highest BCUT2D eigenvalue weighted by Gasteiger charge is 2.22. The molecule has 7 nitrogen and oxygen atoms in total. The molecular weight excluding hydrogens is 506 g/mol. The van der Waals surface area contributed by atoms with Crippen molar-refractivity contribution < 1.29 is 19.1 Å². The zero-order valence-electron chi connectivity index (χ0n) is 20.5. The number of halogens is 3. The molecule has 0 atom stereocenters. The largest absolute Gasteiger partial charge is 0.477 e. The fourth-order valence-corrected chi connectivity index (χ4v) is 4.37. The van der Waals surface area contributed by atoms with Gasteiger partial charge in [-0.25, -0.2) is 14.0 Å². The number of rotatable bonds is 9. The molecule has 1 aromatic heterocycles. The van der Waals surface area contributed by atoms with Crippen LogP contribution < -0.4 is 15.5 Å². The van der Waals surface area contributed by atoms with E-state index in [1.54, 1.807) is 24.4 Å². The molecule has 0 saturated heterocycles. The Hall–Kier alpha value is -3.23. The molecule has 0 bridgehead atoms. The molecule has 0 saturated carbocycles. The molecule has 1 heterocycles. The first kappa shape index (κ1) is 27.4. The van der Waals surface area contributed by atoms with Gasteiger partial charge in [0.25, 0.3) is 0 Å². The lowest BCUT2D eigenvalue weighted by Crippen LogP contribution is -2.33. The van der Waals surface area contributed by atoms with Crippen molar-refractivity contribution in [2.24, 2.45) is 11.8 Å². The second-order valence-corrected chi connectivity index (χ2v) is 10.1. The number of benzene rings is 2. The minimum Gasteiger partial charge on any atom is -0.477 e. The Morgan fingerprint density at radius 2 is 1.67 bits per heavy atom. The summed E-state index contributed by atoms with van der Waals surface area (Å²) in [5, 5.41) is 15.3. The molecule has 0 unspecified atom stereocenters. The number of urea groups is 1. The summed E-state index contributed by atoms with van der Waals surface area (Å²) in [4.78, 5) is 26.7. The SMILES string of the molecule is CC(C)CN(CC(C)C)c1c(Cl)cc(-n2cccc2C(=O)O)cc1NC(=O)Nc1ccc(Cl)c(F)c1. The Balaban J connectivity index is 2.07. The van der Waals surface area contributed by atoms with E-state index in [2.05, 4.69) is 43.2 Å². The van der Waals surface area contributed by atoms with Crippen LogP contribution >= 0.6 is 23.2 Å². The van der Waals surface area contributed by atoms with Gasteiger partial charge in [0.2, 0.25) is 0 Å². The third kappa shape index (κ3) is 6.71. The molecule has 0 radical (unpaired) electrons. The number of carboxylic acid groups (broad SMARTS) is 1. The Bertz CT molecular complexity index is 1250. The van der Waals surface area contributed by atoms with Crippen molar-refractivity contribution in [3.05, 3.63) is 70.2 Å². The number of amides is 2. The van der Waals surface area contributed by atoms with Crippen LogP contribution in [0, 0.1) is 17.7 Å². The number of anilines is 3. The number of aromatic nitrogens is 1. The lowest BCUT2D eigenvalue weighted by atomic mass is 10.1. The number of carbonyl (C=O) groups excluding carboxylic acids is 1. The van der Waals surface area contributed by atoms with Crippen molar-refractivity contribution in [1.82, 2.24) is 4.57 Å². The highest BCUT2D eigenvalue weighted by Crippen LogP contribution is 2.38. The molecule has 3 N–H and O–H groups in total. The lowest BCUT2D eigenvalue weighted by Gasteiger charge is -2.31. The molecule has 3 aromatic rings. The number of nitrogens with zero attached hydrogens (tertiary/aromatic N) is 2. The molecular formula is C26H29Cl2FN4O3. The third-order valence-corrected chi connectivity index (χ3v) is 5.80. The number of carbonyl (C=O) groups is 2. The van der Waals surface area contributed by atoms with Crippen LogP contribution in [0.25, 0.3) is 5.69 Å². The summed E-state index contributed by atoms with van der Waals surface area (Å²) in [5.41, 5.74) is 1.73. The molecule has 0 aliphatic heterocycles. The third-order valence-electron chi connectivity index (χ3n) is 5.21. The number of carboxylic acids is 1. The second-order valence-electron chi connectivity index (χ2n) is 9.29. The Morgan fingerprint density at radius 3 is 2.25 bits per heavy atom. The maximum atomic E-state index is 13.9. The summed E-state index contributed by atoms with van der Waals surface area (Å²) in [6.45, 7) is 9.71. The average Bonchev–Trinajstić information content (AvgIpc) is 3.25. The molecule has 36 heavy (non-hydrogen) atoms. The van der Waals surface area contributed by atoms with Gasteiger partial charge in [-0.15, -0.1) is 0 Å². The fourth-order valence-electron chi connectivity index (χ4n) is 3.92. The van der Waals surface area contributed by atoms with Gasteiger partial charge in [-0.3, -0.25) is 0 Å². The first-order valence-electron chi connectivity index (χ1n) is 11.5. The van der Waals surface area contributed by atoms with E-state index in [0.717, 1.165) is 6.07 Å². The maximum Gasteiger partial charge on any atom is 0.352 e. The van der Waals surface area contributed by atoms with E-state index in [1.165, 1.54) is 22.8 Å². The molecule has 3 rings (SSSR count). The number of nitrogens with one attached hydrogen (secondary N) is 2. The summed E-state index contributed by atoms with van der Waals surface area (Å²) >= 11 is 12.5. The second kappa shape index (κ2) is 11.7. The van der Waals surface area contributed by atoms with Crippen molar-refractivity contribution >= 4 is 52.3 Å².